The summed E-state index contributed by atoms with van der Waals surface area (Å²) in [5.41, 5.74) is 2.90. The SMILES string of the molecule is Cc1ccc(Cl)cc1NC(=O)c1cnn(-c2ccc(Cl)cc2)c1. The number of aryl methyl sites for hydroxylation is 1. The first-order valence-electron chi connectivity index (χ1n) is 6.91. The van der Waals surface area contributed by atoms with Crippen molar-refractivity contribution in [2.24, 2.45) is 0 Å². The van der Waals surface area contributed by atoms with Gasteiger partial charge in [-0.3, -0.25) is 4.79 Å². The van der Waals surface area contributed by atoms with Crippen LogP contribution < -0.4 is 5.32 Å². The summed E-state index contributed by atoms with van der Waals surface area (Å²) in [6.07, 6.45) is 3.18. The molecule has 3 rings (SSSR count). The molecule has 0 saturated heterocycles. The van der Waals surface area contributed by atoms with Crippen LogP contribution in [0.4, 0.5) is 5.69 Å². The quantitative estimate of drug-likeness (QED) is 0.745. The van der Waals surface area contributed by atoms with Gasteiger partial charge in [0.05, 0.1) is 17.4 Å². The van der Waals surface area contributed by atoms with Crippen molar-refractivity contribution in [3.63, 3.8) is 0 Å². The summed E-state index contributed by atoms with van der Waals surface area (Å²) in [4.78, 5) is 12.3. The second-order valence-electron chi connectivity index (χ2n) is 5.06. The third kappa shape index (κ3) is 3.55. The molecule has 1 N–H and O–H groups in total. The highest BCUT2D eigenvalue weighted by Gasteiger charge is 2.11. The van der Waals surface area contributed by atoms with Crippen LogP contribution in [0, 0.1) is 6.92 Å². The molecule has 23 heavy (non-hydrogen) atoms. The predicted molar refractivity (Wildman–Crippen MR) is 92.7 cm³/mol. The first-order chi connectivity index (χ1) is 11.0. The smallest absolute Gasteiger partial charge is 0.258 e. The van der Waals surface area contributed by atoms with E-state index in [9.17, 15) is 4.79 Å². The van der Waals surface area contributed by atoms with Crippen LogP contribution in [0.15, 0.2) is 54.9 Å². The molecule has 0 saturated carbocycles. The molecule has 0 radical (unpaired) electrons. The van der Waals surface area contributed by atoms with E-state index >= 15 is 0 Å². The van der Waals surface area contributed by atoms with Crippen molar-refractivity contribution in [2.45, 2.75) is 6.92 Å². The lowest BCUT2D eigenvalue weighted by Crippen LogP contribution is -2.12. The van der Waals surface area contributed by atoms with Gasteiger partial charge in [0.15, 0.2) is 0 Å². The summed E-state index contributed by atoms with van der Waals surface area (Å²) in [5.74, 6) is -0.240. The Bertz CT molecular complexity index is 857. The Morgan fingerprint density at radius 3 is 2.52 bits per heavy atom. The monoisotopic (exact) mass is 345 g/mol. The minimum Gasteiger partial charge on any atom is -0.322 e. The van der Waals surface area contributed by atoms with Gasteiger partial charge in [-0.25, -0.2) is 4.68 Å². The molecule has 6 heteroatoms. The Kier molecular flexibility index (Phi) is 4.37. The number of aromatic nitrogens is 2. The predicted octanol–water partition coefficient (Wildman–Crippen LogP) is 4.74. The molecular weight excluding hydrogens is 333 g/mol. The molecule has 1 heterocycles. The van der Waals surface area contributed by atoms with E-state index < -0.39 is 0 Å². The first kappa shape index (κ1) is 15.6. The van der Waals surface area contributed by atoms with Gasteiger partial charge in [0, 0.05) is 21.9 Å². The summed E-state index contributed by atoms with van der Waals surface area (Å²) in [5, 5.41) is 8.27. The average Bonchev–Trinajstić information content (AvgIpc) is 3.02. The zero-order chi connectivity index (χ0) is 16.4. The molecular formula is C17H13Cl2N3O. The molecule has 0 fully saturated rings. The molecule has 4 nitrogen and oxygen atoms in total. The Morgan fingerprint density at radius 2 is 1.78 bits per heavy atom. The maximum Gasteiger partial charge on any atom is 0.258 e. The molecule has 2 aromatic carbocycles. The number of carbonyl (C=O) groups is 1. The molecule has 1 aromatic heterocycles. The van der Waals surface area contributed by atoms with Gasteiger partial charge in [0.2, 0.25) is 0 Å². The number of anilines is 1. The minimum atomic E-state index is -0.240. The molecule has 0 aliphatic carbocycles. The van der Waals surface area contributed by atoms with Crippen LogP contribution in [0.2, 0.25) is 10.0 Å². The minimum absolute atomic E-state index is 0.240. The van der Waals surface area contributed by atoms with Crippen LogP contribution in [0.1, 0.15) is 15.9 Å². The van der Waals surface area contributed by atoms with Gasteiger partial charge in [-0.2, -0.15) is 5.10 Å². The topological polar surface area (TPSA) is 46.9 Å². The molecule has 3 aromatic rings. The highest BCUT2D eigenvalue weighted by atomic mass is 35.5. The van der Waals surface area contributed by atoms with E-state index in [1.807, 2.05) is 25.1 Å². The van der Waals surface area contributed by atoms with Crippen molar-refractivity contribution in [1.82, 2.24) is 9.78 Å². The lowest BCUT2D eigenvalue weighted by atomic mass is 10.2. The Balaban J connectivity index is 1.81. The normalized spacial score (nSPS) is 10.6. The lowest BCUT2D eigenvalue weighted by molar-refractivity contribution is 0.102. The number of nitrogens with one attached hydrogen (secondary N) is 1. The van der Waals surface area contributed by atoms with Crippen molar-refractivity contribution in [2.75, 3.05) is 5.32 Å². The van der Waals surface area contributed by atoms with Crippen molar-refractivity contribution in [3.05, 3.63) is 76.0 Å². The Labute approximate surface area is 143 Å². The van der Waals surface area contributed by atoms with Crippen LogP contribution in [-0.4, -0.2) is 15.7 Å². The van der Waals surface area contributed by atoms with Gasteiger partial charge in [-0.1, -0.05) is 29.3 Å². The number of hydrogen-bond donors (Lipinski definition) is 1. The molecule has 1 amide bonds. The number of benzene rings is 2. The van der Waals surface area contributed by atoms with Crippen molar-refractivity contribution in [1.29, 1.82) is 0 Å². The Hall–Kier alpha value is -2.30. The van der Waals surface area contributed by atoms with Gasteiger partial charge in [0.25, 0.3) is 5.91 Å². The van der Waals surface area contributed by atoms with Crippen LogP contribution >= 0.6 is 23.2 Å². The first-order valence-corrected chi connectivity index (χ1v) is 7.66. The van der Waals surface area contributed by atoms with E-state index in [0.717, 1.165) is 11.3 Å². The molecule has 0 bridgehead atoms. The van der Waals surface area contributed by atoms with Gasteiger partial charge < -0.3 is 5.32 Å². The summed E-state index contributed by atoms with van der Waals surface area (Å²) in [6, 6.07) is 12.6. The number of halogens is 2. The summed E-state index contributed by atoms with van der Waals surface area (Å²) in [6.45, 7) is 1.91. The van der Waals surface area contributed by atoms with Crippen LogP contribution in [0.3, 0.4) is 0 Å². The molecule has 0 unspecified atom stereocenters. The van der Waals surface area contributed by atoms with Crippen LogP contribution in [0.5, 0.6) is 0 Å². The number of rotatable bonds is 3. The summed E-state index contributed by atoms with van der Waals surface area (Å²) < 4.78 is 1.62. The fraction of sp³-hybridized carbons (Fsp3) is 0.0588. The van der Waals surface area contributed by atoms with Crippen molar-refractivity contribution in [3.8, 4) is 5.69 Å². The molecule has 0 aliphatic rings. The van der Waals surface area contributed by atoms with Gasteiger partial charge >= 0.3 is 0 Å². The lowest BCUT2D eigenvalue weighted by Gasteiger charge is -2.07. The van der Waals surface area contributed by atoms with Crippen molar-refractivity contribution < 1.29 is 4.79 Å². The maximum atomic E-state index is 12.3. The van der Waals surface area contributed by atoms with Crippen LogP contribution in [-0.2, 0) is 0 Å². The fourth-order valence-corrected chi connectivity index (χ4v) is 2.40. The third-order valence-corrected chi connectivity index (χ3v) is 3.87. The molecule has 0 spiro atoms. The fourth-order valence-electron chi connectivity index (χ4n) is 2.10. The standard InChI is InChI=1S/C17H13Cl2N3O/c1-11-2-3-14(19)8-16(11)21-17(23)12-9-20-22(10-12)15-6-4-13(18)5-7-15/h2-10H,1H3,(H,21,23). The average molecular weight is 346 g/mol. The second-order valence-corrected chi connectivity index (χ2v) is 5.94. The highest BCUT2D eigenvalue weighted by Crippen LogP contribution is 2.21. The largest absolute Gasteiger partial charge is 0.322 e. The second kappa shape index (κ2) is 6.44. The number of nitrogens with zero attached hydrogens (tertiary/aromatic N) is 2. The Morgan fingerprint density at radius 1 is 1.09 bits per heavy atom. The zero-order valence-corrected chi connectivity index (χ0v) is 13.8. The maximum absolute atomic E-state index is 12.3. The van der Waals surface area contributed by atoms with Gasteiger partial charge in [-0.15, -0.1) is 0 Å². The van der Waals surface area contributed by atoms with E-state index in [2.05, 4.69) is 10.4 Å². The van der Waals surface area contributed by atoms with Gasteiger partial charge in [-0.05, 0) is 48.9 Å². The number of hydrogen-bond acceptors (Lipinski definition) is 2. The van der Waals surface area contributed by atoms with E-state index in [4.69, 9.17) is 23.2 Å². The van der Waals surface area contributed by atoms with E-state index in [0.29, 0.717) is 21.3 Å². The summed E-state index contributed by atoms with van der Waals surface area (Å²) in [7, 11) is 0. The van der Waals surface area contributed by atoms with E-state index in [-0.39, 0.29) is 5.91 Å². The molecule has 0 atom stereocenters. The highest BCUT2D eigenvalue weighted by molar-refractivity contribution is 6.31. The third-order valence-electron chi connectivity index (χ3n) is 3.38. The van der Waals surface area contributed by atoms with Crippen molar-refractivity contribution >= 4 is 34.8 Å². The van der Waals surface area contributed by atoms with Crippen LogP contribution in [0.25, 0.3) is 5.69 Å². The van der Waals surface area contributed by atoms with E-state index in [1.54, 1.807) is 35.1 Å². The van der Waals surface area contributed by atoms with E-state index in [1.165, 1.54) is 6.20 Å². The van der Waals surface area contributed by atoms with Gasteiger partial charge in [0.1, 0.15) is 0 Å². The number of carbonyl (C=O) groups excluding carboxylic acids is 1. The molecule has 0 aliphatic heterocycles. The zero-order valence-electron chi connectivity index (χ0n) is 12.3. The molecule has 116 valence electrons. The number of amides is 1. The summed E-state index contributed by atoms with van der Waals surface area (Å²) >= 11 is 11.8.